The van der Waals surface area contributed by atoms with Crippen molar-refractivity contribution in [3.05, 3.63) is 0 Å². The maximum Gasteiger partial charge on any atom is 0.325 e. The van der Waals surface area contributed by atoms with Gasteiger partial charge in [0.15, 0.2) is 0 Å². The van der Waals surface area contributed by atoms with Gasteiger partial charge in [0.1, 0.15) is 6.54 Å². The Labute approximate surface area is 168 Å². The molecule has 0 aliphatic rings. The molecule has 0 unspecified atom stereocenters. The highest BCUT2D eigenvalue weighted by molar-refractivity contribution is 5.81. The van der Waals surface area contributed by atoms with E-state index in [9.17, 15) is 9.59 Å². The third kappa shape index (κ3) is 21.1. The fraction of sp³-hybridized carbons (Fsp3) is 0.913. The monoisotopic (exact) mass is 383 g/mol. The number of hydrogen-bond acceptors (Lipinski definition) is 3. The first-order valence-corrected chi connectivity index (χ1v) is 11.5. The number of carbonyl (C=O) groups is 2. The zero-order chi connectivity index (χ0) is 20.2. The van der Waals surface area contributed by atoms with E-state index in [1.54, 1.807) is 13.8 Å². The summed E-state index contributed by atoms with van der Waals surface area (Å²) < 4.78 is 4.98. The Morgan fingerprint density at radius 2 is 1.11 bits per heavy atom. The molecule has 0 spiro atoms. The second kappa shape index (κ2) is 19.7. The lowest BCUT2D eigenvalue weighted by atomic mass is 10.0. The Hall–Kier alpha value is -1.06. The molecule has 0 aromatic carbocycles. The van der Waals surface area contributed by atoms with Crippen molar-refractivity contribution in [1.82, 2.24) is 5.32 Å². The molecule has 0 bridgehead atoms. The molecule has 0 fully saturated rings. The highest BCUT2D eigenvalue weighted by Gasteiger charge is 2.07. The molecule has 4 heteroatoms. The Morgan fingerprint density at radius 3 is 1.52 bits per heavy atom. The largest absolute Gasteiger partial charge is 0.462 e. The van der Waals surface area contributed by atoms with Crippen LogP contribution in [0.15, 0.2) is 0 Å². The molecular weight excluding hydrogens is 338 g/mol. The summed E-state index contributed by atoms with van der Waals surface area (Å²) in [5.41, 5.74) is 0. The first-order chi connectivity index (χ1) is 13.1. The van der Waals surface area contributed by atoms with Crippen LogP contribution in [-0.4, -0.2) is 24.5 Å². The van der Waals surface area contributed by atoms with E-state index in [1.165, 1.54) is 83.5 Å². The Bertz CT molecular complexity index is 356. The zero-order valence-corrected chi connectivity index (χ0v) is 18.3. The predicted octanol–water partition coefficient (Wildman–Crippen LogP) is 6.32. The molecule has 0 radical (unpaired) electrons. The fourth-order valence-electron chi connectivity index (χ4n) is 3.22. The standard InChI is InChI=1S/C23H45NO3/c1-4-5-6-7-8-9-10-11-12-13-14-15-16-17-18-19-22(25)24-20-23(26)27-21(2)3/h21H,4-20H2,1-3H3,(H,24,25). The molecule has 1 N–H and O–H groups in total. The Balaban J connectivity index is 3.22. The van der Waals surface area contributed by atoms with Gasteiger partial charge in [-0.2, -0.15) is 0 Å². The smallest absolute Gasteiger partial charge is 0.325 e. The lowest BCUT2D eigenvalue weighted by molar-refractivity contribution is -0.147. The van der Waals surface area contributed by atoms with Gasteiger partial charge in [0.05, 0.1) is 6.10 Å². The molecule has 0 saturated heterocycles. The maximum absolute atomic E-state index is 11.6. The molecule has 0 aliphatic carbocycles. The van der Waals surface area contributed by atoms with Crippen molar-refractivity contribution in [3.63, 3.8) is 0 Å². The van der Waals surface area contributed by atoms with Crippen molar-refractivity contribution in [1.29, 1.82) is 0 Å². The van der Waals surface area contributed by atoms with E-state index in [4.69, 9.17) is 4.74 Å². The fourth-order valence-corrected chi connectivity index (χ4v) is 3.22. The molecule has 0 heterocycles. The van der Waals surface area contributed by atoms with Crippen molar-refractivity contribution < 1.29 is 14.3 Å². The van der Waals surface area contributed by atoms with Crippen molar-refractivity contribution in [2.75, 3.05) is 6.54 Å². The molecule has 0 rings (SSSR count). The quantitative estimate of drug-likeness (QED) is 0.210. The van der Waals surface area contributed by atoms with E-state index >= 15 is 0 Å². The van der Waals surface area contributed by atoms with E-state index < -0.39 is 0 Å². The Kier molecular flexibility index (Phi) is 18.9. The van der Waals surface area contributed by atoms with Gasteiger partial charge >= 0.3 is 5.97 Å². The Morgan fingerprint density at radius 1 is 0.704 bits per heavy atom. The minimum Gasteiger partial charge on any atom is -0.462 e. The molecule has 0 aromatic rings. The summed E-state index contributed by atoms with van der Waals surface area (Å²) in [4.78, 5) is 23.0. The van der Waals surface area contributed by atoms with Gasteiger partial charge in [0, 0.05) is 6.42 Å². The molecule has 27 heavy (non-hydrogen) atoms. The van der Waals surface area contributed by atoms with Crippen molar-refractivity contribution in [2.24, 2.45) is 0 Å². The number of nitrogens with one attached hydrogen (secondary N) is 1. The van der Waals surface area contributed by atoms with Crippen molar-refractivity contribution in [3.8, 4) is 0 Å². The third-order valence-corrected chi connectivity index (χ3v) is 4.80. The summed E-state index contributed by atoms with van der Waals surface area (Å²) in [5, 5.41) is 2.62. The number of rotatable bonds is 19. The van der Waals surface area contributed by atoms with E-state index in [2.05, 4.69) is 12.2 Å². The number of amides is 1. The third-order valence-electron chi connectivity index (χ3n) is 4.80. The highest BCUT2D eigenvalue weighted by atomic mass is 16.5. The van der Waals surface area contributed by atoms with E-state index in [-0.39, 0.29) is 24.5 Å². The molecule has 1 amide bonds. The SMILES string of the molecule is CCCCCCCCCCCCCCCCCC(=O)NCC(=O)OC(C)C. The summed E-state index contributed by atoms with van der Waals surface area (Å²) in [7, 11) is 0. The topological polar surface area (TPSA) is 55.4 Å². The summed E-state index contributed by atoms with van der Waals surface area (Å²) in [6.07, 6.45) is 20.1. The van der Waals surface area contributed by atoms with Crippen LogP contribution in [0.3, 0.4) is 0 Å². The van der Waals surface area contributed by atoms with E-state index in [0.29, 0.717) is 6.42 Å². The normalized spacial score (nSPS) is 11.0. The van der Waals surface area contributed by atoms with Gasteiger partial charge < -0.3 is 10.1 Å². The number of unbranched alkanes of at least 4 members (excludes halogenated alkanes) is 14. The van der Waals surface area contributed by atoms with Crippen LogP contribution >= 0.6 is 0 Å². The van der Waals surface area contributed by atoms with Crippen LogP contribution in [0.5, 0.6) is 0 Å². The number of hydrogen-bond donors (Lipinski definition) is 1. The second-order valence-corrected chi connectivity index (χ2v) is 8.02. The molecule has 0 atom stereocenters. The minimum absolute atomic E-state index is 0.0181. The first kappa shape index (κ1) is 25.9. The average molecular weight is 384 g/mol. The zero-order valence-electron chi connectivity index (χ0n) is 18.3. The predicted molar refractivity (Wildman–Crippen MR) is 114 cm³/mol. The summed E-state index contributed by atoms with van der Waals surface area (Å²) in [6, 6.07) is 0. The second-order valence-electron chi connectivity index (χ2n) is 8.02. The van der Waals surface area contributed by atoms with Crippen LogP contribution in [0.25, 0.3) is 0 Å². The van der Waals surface area contributed by atoms with Gasteiger partial charge in [-0.15, -0.1) is 0 Å². The van der Waals surface area contributed by atoms with Gasteiger partial charge in [-0.05, 0) is 20.3 Å². The lowest BCUT2D eigenvalue weighted by Gasteiger charge is -2.08. The van der Waals surface area contributed by atoms with Gasteiger partial charge in [-0.1, -0.05) is 96.8 Å². The van der Waals surface area contributed by atoms with Crippen LogP contribution in [0.2, 0.25) is 0 Å². The van der Waals surface area contributed by atoms with E-state index in [1.807, 2.05) is 0 Å². The number of carbonyl (C=O) groups excluding carboxylic acids is 2. The number of esters is 1. The molecule has 160 valence electrons. The van der Waals surface area contributed by atoms with Crippen LogP contribution in [0, 0.1) is 0 Å². The average Bonchev–Trinajstić information content (AvgIpc) is 2.62. The molecule has 0 aliphatic heterocycles. The van der Waals surface area contributed by atoms with Crippen LogP contribution in [0.1, 0.15) is 124 Å². The van der Waals surface area contributed by atoms with Crippen LogP contribution in [0.4, 0.5) is 0 Å². The lowest BCUT2D eigenvalue weighted by Crippen LogP contribution is -2.31. The van der Waals surface area contributed by atoms with E-state index in [0.717, 1.165) is 12.8 Å². The van der Waals surface area contributed by atoms with Crippen molar-refractivity contribution >= 4 is 11.9 Å². The molecule has 0 aromatic heterocycles. The minimum atomic E-state index is -0.366. The summed E-state index contributed by atoms with van der Waals surface area (Å²) >= 11 is 0. The van der Waals surface area contributed by atoms with Gasteiger partial charge in [0.2, 0.25) is 5.91 Å². The first-order valence-electron chi connectivity index (χ1n) is 11.5. The summed E-state index contributed by atoms with van der Waals surface area (Å²) in [5.74, 6) is -0.416. The van der Waals surface area contributed by atoms with Crippen LogP contribution in [-0.2, 0) is 14.3 Å². The highest BCUT2D eigenvalue weighted by Crippen LogP contribution is 2.13. The molecule has 4 nitrogen and oxygen atoms in total. The van der Waals surface area contributed by atoms with Crippen LogP contribution < -0.4 is 5.32 Å². The molecular formula is C23H45NO3. The number of ether oxygens (including phenoxy) is 1. The van der Waals surface area contributed by atoms with Crippen molar-refractivity contribution in [2.45, 2.75) is 130 Å². The van der Waals surface area contributed by atoms with Gasteiger partial charge in [0.25, 0.3) is 0 Å². The maximum atomic E-state index is 11.6. The summed E-state index contributed by atoms with van der Waals surface area (Å²) in [6.45, 7) is 5.85. The van der Waals surface area contributed by atoms with Gasteiger partial charge in [-0.25, -0.2) is 0 Å². The van der Waals surface area contributed by atoms with Gasteiger partial charge in [-0.3, -0.25) is 9.59 Å². The molecule has 0 saturated carbocycles.